The Balaban J connectivity index is 0.000000666. The first-order valence-electron chi connectivity index (χ1n) is 8.58. The van der Waals surface area contributed by atoms with Crippen LogP contribution in [0.4, 0.5) is 12.9 Å². The van der Waals surface area contributed by atoms with E-state index in [4.69, 9.17) is 9.84 Å². The van der Waals surface area contributed by atoms with Crippen LogP contribution in [0.25, 0.3) is 5.69 Å². The van der Waals surface area contributed by atoms with Crippen molar-refractivity contribution in [2.45, 2.75) is 54.2 Å². The maximum Gasteiger partial charge on any atom is 0.762 e. The number of benzene rings is 1. The Labute approximate surface area is 157 Å². The van der Waals surface area contributed by atoms with E-state index in [2.05, 4.69) is 64.6 Å². The van der Waals surface area contributed by atoms with E-state index in [1.165, 1.54) is 22.4 Å². The van der Waals surface area contributed by atoms with Crippen molar-refractivity contribution in [2.75, 3.05) is 6.61 Å². The molecule has 1 atom stereocenters. The third-order valence-corrected chi connectivity index (χ3v) is 4.46. The van der Waals surface area contributed by atoms with Crippen molar-refractivity contribution in [1.82, 2.24) is 9.78 Å². The molecule has 0 amide bonds. The summed E-state index contributed by atoms with van der Waals surface area (Å²) in [7, 11) is -3.67. The molecule has 0 fully saturated rings. The molecule has 0 N–H and O–H groups in total. The summed E-state index contributed by atoms with van der Waals surface area (Å²) in [6.07, 6.45) is 2.14. The second-order valence-electron chi connectivity index (χ2n) is 7.78. The number of aromatic nitrogens is 3. The minimum Gasteiger partial charge on any atom is -1.00 e. The molecule has 0 saturated heterocycles. The minimum absolute atomic E-state index is 0. The van der Waals surface area contributed by atoms with Crippen molar-refractivity contribution in [1.29, 1.82) is 0 Å². The summed E-state index contributed by atoms with van der Waals surface area (Å²) in [6.45, 7) is 14.5. The van der Waals surface area contributed by atoms with Gasteiger partial charge < -0.3 is 9.44 Å². The molecule has 9 heteroatoms. The molecule has 1 unspecified atom stereocenters. The van der Waals surface area contributed by atoms with Gasteiger partial charge in [-0.05, 0) is 37.3 Å². The lowest BCUT2D eigenvalue weighted by atomic mass is 9.86. The number of hydrogen-bond acceptors (Lipinski definition) is 2. The van der Waals surface area contributed by atoms with E-state index in [9.17, 15) is 12.9 Å². The third kappa shape index (κ3) is 5.54. The number of ether oxygens (including phenoxy) is 1. The molecular formula is C18H26BF4N3O. The van der Waals surface area contributed by atoms with Gasteiger partial charge in [-0.2, -0.15) is 0 Å². The normalized spacial score (nSPS) is 16.0. The predicted molar refractivity (Wildman–Crippen MR) is 95.2 cm³/mol. The van der Waals surface area contributed by atoms with E-state index in [-0.39, 0.29) is 10.1 Å². The monoisotopic (exact) mass is 387 g/mol. The summed E-state index contributed by atoms with van der Waals surface area (Å²) in [6, 6.07) is 4.74. The highest BCUT2D eigenvalue weighted by Crippen LogP contribution is 2.29. The fourth-order valence-corrected chi connectivity index (χ4v) is 3.40. The molecule has 1 aromatic carbocycles. The Kier molecular flexibility index (Phi) is 7.60. The van der Waals surface area contributed by atoms with Gasteiger partial charge in [0.1, 0.15) is 18.3 Å². The average molecular weight is 387 g/mol. The van der Waals surface area contributed by atoms with Crippen LogP contribution in [0.15, 0.2) is 18.5 Å². The first kappa shape index (κ1) is 23.1. The van der Waals surface area contributed by atoms with E-state index in [1.807, 2.05) is 4.68 Å². The molecule has 1 aliphatic rings. The van der Waals surface area contributed by atoms with E-state index in [1.54, 1.807) is 0 Å². The molecular weight excluding hydrogens is 361 g/mol. The third-order valence-electron chi connectivity index (χ3n) is 4.46. The fourth-order valence-electron chi connectivity index (χ4n) is 3.40. The number of hydrogen-bond donors (Lipinski definition) is 0. The molecule has 1 aliphatic heterocycles. The standard InChI is InChI=1S/C18H26N3O.BF3.FH/c1-12-7-13(2)17(14(3)8-12)21-11-20-15(18(4,5)6)9-22-10-16(20)19-21;2-1(3)4;/h7-8,11,15H,9-10H2,1-6H3;;1H/q+1;;/p-1. The molecule has 150 valence electrons. The smallest absolute Gasteiger partial charge is 0.762 e. The number of nitrogens with zero attached hydrogens (tertiary/aromatic N) is 3. The van der Waals surface area contributed by atoms with Crippen LogP contribution in [-0.2, 0) is 11.3 Å². The highest BCUT2D eigenvalue weighted by Gasteiger charge is 2.37. The zero-order chi connectivity index (χ0) is 19.6. The molecule has 0 spiro atoms. The summed E-state index contributed by atoms with van der Waals surface area (Å²) < 4.78 is 39.1. The molecule has 27 heavy (non-hydrogen) atoms. The Morgan fingerprint density at radius 2 is 1.67 bits per heavy atom. The van der Waals surface area contributed by atoms with Gasteiger partial charge in [0, 0.05) is 5.10 Å². The summed E-state index contributed by atoms with van der Waals surface area (Å²) in [5, 5.41) is 4.79. The summed E-state index contributed by atoms with van der Waals surface area (Å²) in [5.41, 5.74) is 5.13. The first-order chi connectivity index (χ1) is 12.0. The summed E-state index contributed by atoms with van der Waals surface area (Å²) in [5.74, 6) is 1.01. The van der Waals surface area contributed by atoms with Crippen molar-refractivity contribution in [3.8, 4) is 5.69 Å². The highest BCUT2D eigenvalue weighted by molar-refractivity contribution is 6.33. The Hall–Kier alpha value is -1.90. The zero-order valence-corrected chi connectivity index (χ0v) is 16.6. The quantitative estimate of drug-likeness (QED) is 0.417. The number of aryl methyl sites for hydroxylation is 3. The van der Waals surface area contributed by atoms with Gasteiger partial charge in [-0.1, -0.05) is 43.1 Å². The number of fused-ring (bicyclic) bond motifs is 1. The SMILES string of the molecule is Cc1cc(C)c(-n2c[n+]3c(n2)COCC3C(C)(C)C)c(C)c1.FB(F)F.[F-]. The van der Waals surface area contributed by atoms with Crippen LogP contribution in [0.3, 0.4) is 0 Å². The molecule has 2 heterocycles. The fraction of sp³-hybridized carbons (Fsp3) is 0.556. The van der Waals surface area contributed by atoms with Gasteiger partial charge in [0.05, 0.1) is 6.61 Å². The van der Waals surface area contributed by atoms with Crippen molar-refractivity contribution in [3.05, 3.63) is 41.0 Å². The van der Waals surface area contributed by atoms with Crippen LogP contribution in [-0.4, -0.2) is 23.9 Å². The summed E-state index contributed by atoms with van der Waals surface area (Å²) >= 11 is 0. The van der Waals surface area contributed by atoms with Gasteiger partial charge in [-0.3, -0.25) is 12.9 Å². The van der Waals surface area contributed by atoms with Crippen LogP contribution >= 0.6 is 0 Å². The van der Waals surface area contributed by atoms with Crippen LogP contribution in [0.2, 0.25) is 0 Å². The molecule has 2 aromatic rings. The van der Waals surface area contributed by atoms with Crippen molar-refractivity contribution >= 4 is 7.54 Å². The largest absolute Gasteiger partial charge is 1.00 e. The molecule has 4 nitrogen and oxygen atoms in total. The van der Waals surface area contributed by atoms with Gasteiger partial charge in [0.2, 0.25) is 6.33 Å². The molecule has 0 radical (unpaired) electrons. The van der Waals surface area contributed by atoms with Gasteiger partial charge in [0.25, 0.3) is 0 Å². The molecule has 0 bridgehead atoms. The van der Waals surface area contributed by atoms with E-state index in [0.717, 1.165) is 12.4 Å². The Morgan fingerprint density at radius 3 is 2.15 bits per heavy atom. The zero-order valence-electron chi connectivity index (χ0n) is 16.6. The van der Waals surface area contributed by atoms with E-state index < -0.39 is 7.54 Å². The lowest BCUT2D eigenvalue weighted by Crippen LogP contribution is -3.00. The number of rotatable bonds is 1. The van der Waals surface area contributed by atoms with Crippen LogP contribution in [0.1, 0.15) is 49.3 Å². The van der Waals surface area contributed by atoms with Crippen molar-refractivity contribution < 1.29 is 27.0 Å². The van der Waals surface area contributed by atoms with Crippen molar-refractivity contribution in [3.63, 3.8) is 0 Å². The second-order valence-corrected chi connectivity index (χ2v) is 7.78. The predicted octanol–water partition coefficient (Wildman–Crippen LogP) is 1.09. The summed E-state index contributed by atoms with van der Waals surface area (Å²) in [4.78, 5) is 0. The molecule has 0 saturated carbocycles. The van der Waals surface area contributed by atoms with Gasteiger partial charge in [-0.25, -0.2) is 4.57 Å². The maximum absolute atomic E-state index is 9.67. The lowest BCUT2D eigenvalue weighted by molar-refractivity contribution is -0.755. The first-order valence-corrected chi connectivity index (χ1v) is 8.58. The minimum atomic E-state index is -3.67. The van der Waals surface area contributed by atoms with Gasteiger partial charge in [0.15, 0.2) is 0 Å². The lowest BCUT2D eigenvalue weighted by Gasteiger charge is -2.31. The highest BCUT2D eigenvalue weighted by atomic mass is 19.4. The van der Waals surface area contributed by atoms with Gasteiger partial charge in [-0.15, -0.1) is 0 Å². The second kappa shape index (κ2) is 8.86. The molecule has 0 aliphatic carbocycles. The Morgan fingerprint density at radius 1 is 1.15 bits per heavy atom. The molecule has 3 rings (SSSR count). The van der Waals surface area contributed by atoms with E-state index in [0.29, 0.717) is 12.6 Å². The number of halogens is 4. The topological polar surface area (TPSA) is 30.9 Å². The molecule has 1 aromatic heterocycles. The van der Waals surface area contributed by atoms with Crippen LogP contribution in [0, 0.1) is 26.2 Å². The van der Waals surface area contributed by atoms with Gasteiger partial charge >= 0.3 is 13.4 Å². The average Bonchev–Trinajstić information content (AvgIpc) is 2.87. The maximum atomic E-state index is 9.67. The van der Waals surface area contributed by atoms with Crippen LogP contribution in [0.5, 0.6) is 0 Å². The van der Waals surface area contributed by atoms with Crippen molar-refractivity contribution in [2.24, 2.45) is 5.41 Å². The van der Waals surface area contributed by atoms with E-state index >= 15 is 0 Å². The van der Waals surface area contributed by atoms with Crippen LogP contribution < -0.4 is 9.27 Å². The Bertz CT molecular complexity index is 749.